The van der Waals surface area contributed by atoms with Crippen LogP contribution in [-0.2, 0) is 0 Å². The number of aromatic nitrogens is 2. The number of benzene rings is 1. The zero-order valence-corrected chi connectivity index (χ0v) is 21.3. The maximum atomic E-state index is 9.49. The number of hydrogen-bond donors (Lipinski definition) is 2. The van der Waals surface area contributed by atoms with Crippen LogP contribution in [0.3, 0.4) is 0 Å². The molecule has 0 saturated carbocycles. The fraction of sp³-hybridized carbons (Fsp3) is 0.407. The van der Waals surface area contributed by atoms with Gasteiger partial charge in [0.05, 0.1) is 17.8 Å². The zero-order valence-electron chi connectivity index (χ0n) is 20.5. The van der Waals surface area contributed by atoms with Gasteiger partial charge in [0.25, 0.3) is 0 Å². The van der Waals surface area contributed by atoms with Crippen LogP contribution in [0.1, 0.15) is 55.0 Å². The summed E-state index contributed by atoms with van der Waals surface area (Å²) in [6, 6.07) is 17.0. The molecule has 1 aliphatic heterocycles. The van der Waals surface area contributed by atoms with Crippen LogP contribution < -0.4 is 10.2 Å². The predicted octanol–water partition coefficient (Wildman–Crippen LogP) is 4.69. The van der Waals surface area contributed by atoms with Crippen molar-refractivity contribution in [2.45, 2.75) is 46.2 Å². The summed E-state index contributed by atoms with van der Waals surface area (Å²) in [6.07, 6.45) is 2.49. The second-order valence-corrected chi connectivity index (χ2v) is 9.13. The van der Waals surface area contributed by atoms with Crippen LogP contribution >= 0.6 is 12.2 Å². The molecule has 2 aromatic heterocycles. The first-order chi connectivity index (χ1) is 16.5. The quantitative estimate of drug-likeness (QED) is 0.436. The SMILES string of the molecule is CCN(CC)c1ccc(-n2c(C)cc(C3C(c4ccccn4)NC(=S)N3CCCO)c2C)cc1. The number of thiocarbonyl (C=S) groups is 1. The molecule has 7 heteroatoms. The molecular formula is C27H35N5OS. The first kappa shape index (κ1) is 24.2. The molecule has 2 atom stereocenters. The van der Waals surface area contributed by atoms with Crippen molar-refractivity contribution >= 4 is 23.0 Å². The summed E-state index contributed by atoms with van der Waals surface area (Å²) in [5.41, 5.74) is 6.97. The summed E-state index contributed by atoms with van der Waals surface area (Å²) in [7, 11) is 0. The van der Waals surface area contributed by atoms with Crippen LogP contribution in [-0.4, -0.2) is 50.9 Å². The summed E-state index contributed by atoms with van der Waals surface area (Å²) in [6.45, 7) is 11.5. The van der Waals surface area contributed by atoms with Crippen molar-refractivity contribution in [1.29, 1.82) is 0 Å². The third-order valence-electron chi connectivity index (χ3n) is 6.78. The molecule has 0 bridgehead atoms. The Labute approximate surface area is 208 Å². The van der Waals surface area contributed by atoms with Gasteiger partial charge in [-0.05, 0) is 94.4 Å². The van der Waals surface area contributed by atoms with Crippen LogP contribution in [0.15, 0.2) is 54.7 Å². The summed E-state index contributed by atoms with van der Waals surface area (Å²) in [5.74, 6) is 0. The third kappa shape index (κ3) is 4.55. The fourth-order valence-corrected chi connectivity index (χ4v) is 5.44. The van der Waals surface area contributed by atoms with Crippen molar-refractivity contribution in [1.82, 2.24) is 19.8 Å². The lowest BCUT2D eigenvalue weighted by Crippen LogP contribution is -2.31. The lowest BCUT2D eigenvalue weighted by molar-refractivity contribution is 0.247. The summed E-state index contributed by atoms with van der Waals surface area (Å²) in [4.78, 5) is 9.20. The summed E-state index contributed by atoms with van der Waals surface area (Å²) >= 11 is 5.74. The van der Waals surface area contributed by atoms with E-state index in [4.69, 9.17) is 12.2 Å². The maximum absolute atomic E-state index is 9.49. The van der Waals surface area contributed by atoms with Crippen LogP contribution in [0, 0.1) is 13.8 Å². The van der Waals surface area contributed by atoms with Gasteiger partial charge < -0.3 is 24.8 Å². The fourth-order valence-electron chi connectivity index (χ4n) is 5.11. The normalized spacial score (nSPS) is 17.8. The second-order valence-electron chi connectivity index (χ2n) is 8.75. The van der Waals surface area contributed by atoms with Crippen molar-refractivity contribution in [3.05, 3.63) is 77.4 Å². The van der Waals surface area contributed by atoms with E-state index in [1.165, 1.54) is 22.6 Å². The Hall–Kier alpha value is -2.90. The second kappa shape index (κ2) is 10.6. The van der Waals surface area contributed by atoms with E-state index in [9.17, 15) is 5.11 Å². The Kier molecular flexibility index (Phi) is 7.54. The van der Waals surface area contributed by atoms with Gasteiger partial charge in [-0.1, -0.05) is 6.07 Å². The van der Waals surface area contributed by atoms with Gasteiger partial charge in [-0.25, -0.2) is 0 Å². The number of nitrogens with zero attached hydrogens (tertiary/aromatic N) is 4. The minimum Gasteiger partial charge on any atom is -0.396 e. The van der Waals surface area contributed by atoms with Crippen LogP contribution in [0.5, 0.6) is 0 Å². The van der Waals surface area contributed by atoms with Crippen molar-refractivity contribution < 1.29 is 5.11 Å². The molecule has 1 fully saturated rings. The van der Waals surface area contributed by atoms with Gasteiger partial charge in [0.15, 0.2) is 5.11 Å². The predicted molar refractivity (Wildman–Crippen MR) is 143 cm³/mol. The monoisotopic (exact) mass is 477 g/mol. The number of nitrogens with one attached hydrogen (secondary N) is 1. The van der Waals surface area contributed by atoms with Crippen LogP contribution in [0.2, 0.25) is 0 Å². The Morgan fingerprint density at radius 2 is 1.82 bits per heavy atom. The molecule has 180 valence electrons. The highest BCUT2D eigenvalue weighted by Gasteiger charge is 2.41. The van der Waals surface area contributed by atoms with E-state index >= 15 is 0 Å². The standard InChI is InChI=1S/C27H35N5OS/c1-5-30(6-2)21-11-13-22(14-12-21)32-19(3)18-23(20(32)4)26-25(24-10-7-8-15-28-24)29-27(34)31(26)16-9-17-33/h7-8,10-15,18,25-26,33H,5-6,9,16-17H2,1-4H3,(H,29,34). The molecule has 1 saturated heterocycles. The number of rotatable bonds is 9. The average Bonchev–Trinajstić information content (AvgIpc) is 3.34. The van der Waals surface area contributed by atoms with E-state index < -0.39 is 0 Å². The van der Waals surface area contributed by atoms with E-state index in [1.807, 2.05) is 24.4 Å². The van der Waals surface area contributed by atoms with Gasteiger partial charge in [0.1, 0.15) is 0 Å². The molecular weight excluding hydrogens is 442 g/mol. The highest BCUT2D eigenvalue weighted by atomic mass is 32.1. The molecule has 0 amide bonds. The average molecular weight is 478 g/mol. The van der Waals surface area contributed by atoms with Crippen LogP contribution in [0.25, 0.3) is 5.69 Å². The van der Waals surface area contributed by atoms with Gasteiger partial charge in [-0.15, -0.1) is 0 Å². The maximum Gasteiger partial charge on any atom is 0.170 e. The first-order valence-corrected chi connectivity index (χ1v) is 12.5. The molecule has 2 unspecified atom stereocenters. The van der Waals surface area contributed by atoms with Gasteiger partial charge in [0, 0.05) is 55.2 Å². The Bertz CT molecular complexity index is 1110. The minimum atomic E-state index is -0.0496. The van der Waals surface area contributed by atoms with Crippen molar-refractivity contribution in [3.8, 4) is 5.69 Å². The Morgan fingerprint density at radius 3 is 2.44 bits per heavy atom. The number of hydrogen-bond acceptors (Lipinski definition) is 4. The molecule has 3 heterocycles. The summed E-state index contributed by atoms with van der Waals surface area (Å²) in [5, 5.41) is 13.7. The molecule has 34 heavy (non-hydrogen) atoms. The molecule has 0 radical (unpaired) electrons. The molecule has 2 N–H and O–H groups in total. The highest BCUT2D eigenvalue weighted by molar-refractivity contribution is 7.80. The van der Waals surface area contributed by atoms with Crippen molar-refractivity contribution in [2.24, 2.45) is 0 Å². The van der Waals surface area contributed by atoms with Gasteiger partial charge in [0.2, 0.25) is 0 Å². The van der Waals surface area contributed by atoms with Gasteiger partial charge in [-0.3, -0.25) is 4.98 Å². The number of aliphatic hydroxyl groups excluding tert-OH is 1. The Morgan fingerprint density at radius 1 is 1.09 bits per heavy atom. The third-order valence-corrected chi connectivity index (χ3v) is 7.13. The van der Waals surface area contributed by atoms with Crippen LogP contribution in [0.4, 0.5) is 5.69 Å². The van der Waals surface area contributed by atoms with E-state index in [2.05, 4.69) is 82.7 Å². The number of pyridine rings is 1. The molecule has 1 aromatic carbocycles. The molecule has 4 rings (SSSR count). The molecule has 0 aliphatic carbocycles. The number of aliphatic hydroxyl groups is 1. The molecule has 0 spiro atoms. The van der Waals surface area contributed by atoms with E-state index in [0.717, 1.165) is 24.5 Å². The minimum absolute atomic E-state index is 0.00356. The summed E-state index contributed by atoms with van der Waals surface area (Å²) < 4.78 is 2.32. The largest absolute Gasteiger partial charge is 0.396 e. The van der Waals surface area contributed by atoms with E-state index in [1.54, 1.807) is 0 Å². The topological polar surface area (TPSA) is 56.6 Å². The molecule has 3 aromatic rings. The lowest BCUT2D eigenvalue weighted by Gasteiger charge is -2.28. The zero-order chi connectivity index (χ0) is 24.2. The van der Waals surface area contributed by atoms with Crippen molar-refractivity contribution in [3.63, 3.8) is 0 Å². The Balaban J connectivity index is 1.75. The molecule has 1 aliphatic rings. The lowest BCUT2D eigenvalue weighted by atomic mass is 9.96. The van der Waals surface area contributed by atoms with Crippen molar-refractivity contribution in [2.75, 3.05) is 31.1 Å². The van der Waals surface area contributed by atoms with E-state index in [0.29, 0.717) is 18.1 Å². The first-order valence-electron chi connectivity index (χ1n) is 12.1. The van der Waals surface area contributed by atoms with Gasteiger partial charge in [-0.2, -0.15) is 0 Å². The van der Waals surface area contributed by atoms with Gasteiger partial charge >= 0.3 is 0 Å². The smallest absolute Gasteiger partial charge is 0.170 e. The van der Waals surface area contributed by atoms with E-state index in [-0.39, 0.29) is 18.7 Å². The number of anilines is 1. The molecule has 6 nitrogen and oxygen atoms in total. The number of aryl methyl sites for hydroxylation is 1. The highest BCUT2D eigenvalue weighted by Crippen LogP contribution is 2.41.